The van der Waals surface area contributed by atoms with Gasteiger partial charge in [-0.25, -0.2) is 4.98 Å². The van der Waals surface area contributed by atoms with Crippen LogP contribution in [0, 0.1) is 0 Å². The first-order valence-electron chi connectivity index (χ1n) is 5.28. The molecule has 2 heterocycles. The predicted molar refractivity (Wildman–Crippen MR) is 72.4 cm³/mol. The molecule has 1 aromatic rings. The number of rotatable bonds is 1. The third-order valence-electron chi connectivity index (χ3n) is 2.55. The van der Waals surface area contributed by atoms with Gasteiger partial charge in [-0.05, 0) is 19.9 Å². The van der Waals surface area contributed by atoms with Gasteiger partial charge in [0.25, 0.3) is 0 Å². The molecule has 0 unspecified atom stereocenters. The zero-order valence-corrected chi connectivity index (χ0v) is 11.1. The Labute approximate surface area is 105 Å². The van der Waals surface area contributed by atoms with Crippen LogP contribution >= 0.6 is 23.4 Å². The summed E-state index contributed by atoms with van der Waals surface area (Å²) in [5.41, 5.74) is 6.45. The number of nitrogens with two attached hydrogens (primary N) is 1. The quantitative estimate of drug-likeness (QED) is 0.786. The van der Waals surface area contributed by atoms with E-state index in [2.05, 4.69) is 23.7 Å². The van der Waals surface area contributed by atoms with Crippen LogP contribution in [0.2, 0.25) is 5.15 Å². The second-order valence-electron chi connectivity index (χ2n) is 4.61. The summed E-state index contributed by atoms with van der Waals surface area (Å²) in [5, 5.41) is 0.464. The standard InChI is InChI=1S/C11H16ClN3S/c1-11(2)7-15(3-4-16-11)10-6-8(13)5-9(12)14-10/h5-6H,3-4,7H2,1-2H3,(H2,13,14). The lowest BCUT2D eigenvalue weighted by Gasteiger charge is -2.38. The number of hydrogen-bond acceptors (Lipinski definition) is 4. The summed E-state index contributed by atoms with van der Waals surface area (Å²) in [6.45, 7) is 6.47. The van der Waals surface area contributed by atoms with E-state index < -0.39 is 0 Å². The highest BCUT2D eigenvalue weighted by molar-refractivity contribution is 8.00. The van der Waals surface area contributed by atoms with E-state index >= 15 is 0 Å². The maximum Gasteiger partial charge on any atom is 0.133 e. The molecular formula is C11H16ClN3S. The fraction of sp³-hybridized carbons (Fsp3) is 0.545. The maximum atomic E-state index is 5.92. The SMILES string of the molecule is CC1(C)CN(c2cc(N)cc(Cl)n2)CCS1. The van der Waals surface area contributed by atoms with Crippen molar-refractivity contribution in [1.82, 2.24) is 4.98 Å². The molecule has 1 aliphatic rings. The molecule has 0 amide bonds. The minimum atomic E-state index is 0.261. The Morgan fingerprint density at radius 3 is 2.88 bits per heavy atom. The first-order valence-corrected chi connectivity index (χ1v) is 6.65. The molecule has 0 saturated carbocycles. The van der Waals surface area contributed by atoms with Crippen molar-refractivity contribution in [2.75, 3.05) is 29.5 Å². The van der Waals surface area contributed by atoms with Gasteiger partial charge in [0.2, 0.25) is 0 Å². The summed E-state index contributed by atoms with van der Waals surface area (Å²) in [7, 11) is 0. The third-order valence-corrected chi connectivity index (χ3v) is 4.04. The van der Waals surface area contributed by atoms with E-state index in [1.807, 2.05) is 17.8 Å². The molecule has 1 saturated heterocycles. The molecule has 88 valence electrons. The Morgan fingerprint density at radius 1 is 1.50 bits per heavy atom. The number of halogens is 1. The number of anilines is 2. The van der Waals surface area contributed by atoms with E-state index in [0.717, 1.165) is 24.7 Å². The zero-order valence-electron chi connectivity index (χ0n) is 9.53. The molecular weight excluding hydrogens is 242 g/mol. The van der Waals surface area contributed by atoms with Gasteiger partial charge in [0.15, 0.2) is 0 Å². The summed E-state index contributed by atoms with van der Waals surface area (Å²) >= 11 is 7.91. The van der Waals surface area contributed by atoms with Crippen LogP contribution in [0.4, 0.5) is 11.5 Å². The monoisotopic (exact) mass is 257 g/mol. The molecule has 1 aliphatic heterocycles. The summed E-state index contributed by atoms with van der Waals surface area (Å²) in [6, 6.07) is 3.56. The molecule has 0 aliphatic carbocycles. The van der Waals surface area contributed by atoms with Crippen LogP contribution in [0.25, 0.3) is 0 Å². The number of aromatic nitrogens is 1. The van der Waals surface area contributed by atoms with E-state index in [1.54, 1.807) is 6.07 Å². The number of nitrogens with zero attached hydrogens (tertiary/aromatic N) is 2. The van der Waals surface area contributed by atoms with E-state index in [9.17, 15) is 0 Å². The van der Waals surface area contributed by atoms with Gasteiger partial charge in [-0.3, -0.25) is 0 Å². The molecule has 0 radical (unpaired) electrons. The molecule has 2 N–H and O–H groups in total. The smallest absolute Gasteiger partial charge is 0.133 e. The summed E-state index contributed by atoms with van der Waals surface area (Å²) in [6.07, 6.45) is 0. The van der Waals surface area contributed by atoms with Gasteiger partial charge in [0.1, 0.15) is 11.0 Å². The molecule has 5 heteroatoms. The van der Waals surface area contributed by atoms with Crippen molar-refractivity contribution in [3.63, 3.8) is 0 Å². The normalized spacial score (nSPS) is 19.8. The van der Waals surface area contributed by atoms with Crippen LogP contribution in [0.15, 0.2) is 12.1 Å². The van der Waals surface area contributed by atoms with Gasteiger partial charge in [0.05, 0.1) is 0 Å². The molecule has 16 heavy (non-hydrogen) atoms. The van der Waals surface area contributed by atoms with Crippen molar-refractivity contribution < 1.29 is 0 Å². The minimum Gasteiger partial charge on any atom is -0.399 e. The predicted octanol–water partition coefficient (Wildman–Crippen LogP) is 2.65. The molecule has 0 bridgehead atoms. The molecule has 0 aromatic carbocycles. The van der Waals surface area contributed by atoms with Gasteiger partial charge in [0, 0.05) is 35.3 Å². The summed E-state index contributed by atoms with van der Waals surface area (Å²) < 4.78 is 0.261. The van der Waals surface area contributed by atoms with Crippen molar-refractivity contribution in [2.24, 2.45) is 0 Å². The Hall–Kier alpha value is -0.610. The average Bonchev–Trinajstić information content (AvgIpc) is 2.14. The van der Waals surface area contributed by atoms with Gasteiger partial charge >= 0.3 is 0 Å². The number of thioether (sulfide) groups is 1. The first-order chi connectivity index (χ1) is 7.46. The van der Waals surface area contributed by atoms with Gasteiger partial charge in [-0.1, -0.05) is 11.6 Å². The third kappa shape index (κ3) is 2.74. The van der Waals surface area contributed by atoms with Crippen molar-refractivity contribution >= 4 is 34.9 Å². The summed E-state index contributed by atoms with van der Waals surface area (Å²) in [4.78, 5) is 6.57. The Kier molecular flexibility index (Phi) is 3.22. The van der Waals surface area contributed by atoms with Crippen molar-refractivity contribution in [2.45, 2.75) is 18.6 Å². The molecule has 1 aromatic heterocycles. The second-order valence-corrected chi connectivity index (χ2v) is 6.80. The number of nitrogen functional groups attached to an aromatic ring is 1. The molecule has 2 rings (SSSR count). The molecule has 1 fully saturated rings. The van der Waals surface area contributed by atoms with Gasteiger partial charge in [-0.2, -0.15) is 11.8 Å². The maximum absolute atomic E-state index is 5.92. The zero-order chi connectivity index (χ0) is 11.8. The van der Waals surface area contributed by atoms with Crippen LogP contribution in [-0.4, -0.2) is 28.6 Å². The van der Waals surface area contributed by atoms with E-state index in [0.29, 0.717) is 10.8 Å². The number of hydrogen-bond donors (Lipinski definition) is 1. The van der Waals surface area contributed by atoms with Crippen LogP contribution < -0.4 is 10.6 Å². The average molecular weight is 258 g/mol. The Balaban J connectivity index is 2.23. The lowest BCUT2D eigenvalue weighted by Crippen LogP contribution is -2.43. The van der Waals surface area contributed by atoms with Crippen LogP contribution in [0.3, 0.4) is 0 Å². The van der Waals surface area contributed by atoms with Crippen molar-refractivity contribution in [3.8, 4) is 0 Å². The lowest BCUT2D eigenvalue weighted by molar-refractivity contribution is 0.642. The fourth-order valence-corrected chi connectivity index (χ4v) is 3.20. The van der Waals surface area contributed by atoms with E-state index in [-0.39, 0.29) is 4.75 Å². The van der Waals surface area contributed by atoms with E-state index in [4.69, 9.17) is 17.3 Å². The highest BCUT2D eigenvalue weighted by Gasteiger charge is 2.27. The van der Waals surface area contributed by atoms with Crippen molar-refractivity contribution in [3.05, 3.63) is 17.3 Å². The van der Waals surface area contributed by atoms with E-state index in [1.165, 1.54) is 0 Å². The highest BCUT2D eigenvalue weighted by atomic mass is 35.5. The topological polar surface area (TPSA) is 42.1 Å². The fourth-order valence-electron chi connectivity index (χ4n) is 1.88. The first kappa shape index (κ1) is 11.9. The molecule has 3 nitrogen and oxygen atoms in total. The largest absolute Gasteiger partial charge is 0.399 e. The van der Waals surface area contributed by atoms with Gasteiger partial charge in [-0.15, -0.1) is 0 Å². The second kappa shape index (κ2) is 4.34. The highest BCUT2D eigenvalue weighted by Crippen LogP contribution is 2.32. The number of pyridine rings is 1. The Bertz CT molecular complexity index is 375. The van der Waals surface area contributed by atoms with Crippen LogP contribution in [0.1, 0.15) is 13.8 Å². The summed E-state index contributed by atoms with van der Waals surface area (Å²) in [5.74, 6) is 2.00. The van der Waals surface area contributed by atoms with Gasteiger partial charge < -0.3 is 10.6 Å². The molecule has 0 atom stereocenters. The minimum absolute atomic E-state index is 0.261. The van der Waals surface area contributed by atoms with Crippen LogP contribution in [-0.2, 0) is 0 Å². The van der Waals surface area contributed by atoms with Crippen molar-refractivity contribution in [1.29, 1.82) is 0 Å². The van der Waals surface area contributed by atoms with Crippen LogP contribution in [0.5, 0.6) is 0 Å². The lowest BCUT2D eigenvalue weighted by atomic mass is 10.2. The Morgan fingerprint density at radius 2 is 2.25 bits per heavy atom. The molecule has 0 spiro atoms.